The molecule has 0 bridgehead atoms. The van der Waals surface area contributed by atoms with Gasteiger partial charge in [0.15, 0.2) is 5.69 Å². The molecule has 1 aliphatic heterocycles. The maximum atomic E-state index is 11.9. The highest BCUT2D eigenvalue weighted by atomic mass is 16.6. The number of hydrogen-bond donors (Lipinski definition) is 1. The summed E-state index contributed by atoms with van der Waals surface area (Å²) in [5, 5.41) is 3.15. The van der Waals surface area contributed by atoms with Crippen LogP contribution in [-0.4, -0.2) is 36.3 Å². The van der Waals surface area contributed by atoms with E-state index in [-0.39, 0.29) is 12.1 Å². The molecule has 1 N–H and O–H groups in total. The molecule has 0 aromatic carbocycles. The Morgan fingerprint density at radius 3 is 3.06 bits per heavy atom. The number of pyridine rings is 1. The first-order chi connectivity index (χ1) is 8.65. The number of rotatable bonds is 4. The summed E-state index contributed by atoms with van der Waals surface area (Å²) in [4.78, 5) is 16.1. The van der Waals surface area contributed by atoms with Crippen LogP contribution in [0.25, 0.3) is 0 Å². The average Bonchev–Trinajstić information content (AvgIpc) is 2.81. The Labute approximate surface area is 107 Å². The number of carbonyl (C=O) groups excluding carboxylic acids is 1. The van der Waals surface area contributed by atoms with Crippen molar-refractivity contribution in [3.8, 4) is 0 Å². The number of carbonyl (C=O) groups is 1. The lowest BCUT2D eigenvalue weighted by Gasteiger charge is -2.12. The number of aromatic nitrogens is 1. The third kappa shape index (κ3) is 3.43. The molecule has 1 aromatic rings. The lowest BCUT2D eigenvalue weighted by molar-refractivity contribution is 0.0264. The van der Waals surface area contributed by atoms with Crippen molar-refractivity contribution in [2.45, 2.75) is 32.4 Å². The number of hydrogen-bond acceptors (Lipinski definition) is 5. The van der Waals surface area contributed by atoms with Gasteiger partial charge in [0.1, 0.15) is 11.9 Å². The molecule has 1 saturated heterocycles. The number of ether oxygens (including phenoxy) is 2. The van der Waals surface area contributed by atoms with E-state index in [1.807, 2.05) is 19.9 Å². The average molecular weight is 250 g/mol. The van der Waals surface area contributed by atoms with Crippen LogP contribution in [0.4, 0.5) is 5.82 Å². The van der Waals surface area contributed by atoms with Crippen LogP contribution in [0.15, 0.2) is 18.2 Å². The van der Waals surface area contributed by atoms with Crippen LogP contribution < -0.4 is 5.32 Å². The van der Waals surface area contributed by atoms with Crippen LogP contribution in [0.2, 0.25) is 0 Å². The van der Waals surface area contributed by atoms with E-state index in [4.69, 9.17) is 9.47 Å². The van der Waals surface area contributed by atoms with Crippen molar-refractivity contribution in [2.75, 3.05) is 18.5 Å². The van der Waals surface area contributed by atoms with Gasteiger partial charge in [0.25, 0.3) is 0 Å². The summed E-state index contributed by atoms with van der Waals surface area (Å²) >= 11 is 0. The Bertz CT molecular complexity index is 414. The summed E-state index contributed by atoms with van der Waals surface area (Å²) < 4.78 is 10.5. The minimum absolute atomic E-state index is 0.138. The predicted octanol–water partition coefficient (Wildman–Crippen LogP) is 1.85. The number of anilines is 1. The van der Waals surface area contributed by atoms with Gasteiger partial charge in [-0.3, -0.25) is 0 Å². The van der Waals surface area contributed by atoms with E-state index in [9.17, 15) is 4.79 Å². The molecule has 2 heterocycles. The van der Waals surface area contributed by atoms with E-state index in [0.717, 1.165) is 6.42 Å². The third-order valence-electron chi connectivity index (χ3n) is 2.56. The fourth-order valence-electron chi connectivity index (χ4n) is 1.74. The van der Waals surface area contributed by atoms with E-state index in [1.165, 1.54) is 0 Å². The molecule has 0 spiro atoms. The van der Waals surface area contributed by atoms with E-state index in [2.05, 4.69) is 10.3 Å². The Morgan fingerprint density at radius 2 is 2.39 bits per heavy atom. The smallest absolute Gasteiger partial charge is 0.357 e. The number of esters is 1. The van der Waals surface area contributed by atoms with Crippen molar-refractivity contribution < 1.29 is 14.3 Å². The molecule has 1 unspecified atom stereocenters. The summed E-state index contributed by atoms with van der Waals surface area (Å²) in [7, 11) is 0. The van der Waals surface area contributed by atoms with E-state index >= 15 is 0 Å². The van der Waals surface area contributed by atoms with Crippen LogP contribution in [0.1, 0.15) is 30.8 Å². The van der Waals surface area contributed by atoms with Crippen LogP contribution in [0, 0.1) is 0 Å². The zero-order valence-corrected chi connectivity index (χ0v) is 10.7. The zero-order valence-electron chi connectivity index (χ0n) is 10.7. The van der Waals surface area contributed by atoms with Crippen LogP contribution in [0.3, 0.4) is 0 Å². The second-order valence-electron chi connectivity index (χ2n) is 4.60. The fraction of sp³-hybridized carbons (Fsp3) is 0.538. The standard InChI is InChI=1S/C13H18N2O3/c1-9(2)14-12-5-3-4-11(15-12)13(16)18-10-6-7-17-8-10/h3-5,9-10H,6-8H2,1-2H3,(H,14,15). The van der Waals surface area contributed by atoms with Gasteiger partial charge in [-0.15, -0.1) is 0 Å². The second kappa shape index (κ2) is 5.82. The van der Waals surface area contributed by atoms with Gasteiger partial charge in [0.05, 0.1) is 13.2 Å². The monoisotopic (exact) mass is 250 g/mol. The molecule has 0 saturated carbocycles. The molecule has 0 radical (unpaired) electrons. The highest BCUT2D eigenvalue weighted by Crippen LogP contribution is 2.12. The van der Waals surface area contributed by atoms with Gasteiger partial charge >= 0.3 is 5.97 Å². The molecule has 5 nitrogen and oxygen atoms in total. The zero-order chi connectivity index (χ0) is 13.0. The molecule has 98 valence electrons. The SMILES string of the molecule is CC(C)Nc1cccc(C(=O)OC2CCOC2)n1. The van der Waals surface area contributed by atoms with Gasteiger partial charge in [0, 0.05) is 12.5 Å². The minimum atomic E-state index is -0.391. The topological polar surface area (TPSA) is 60.5 Å². The van der Waals surface area contributed by atoms with E-state index in [1.54, 1.807) is 12.1 Å². The molecular formula is C13H18N2O3. The predicted molar refractivity (Wildman–Crippen MR) is 67.6 cm³/mol. The molecule has 5 heteroatoms. The Kier molecular flexibility index (Phi) is 4.15. The Balaban J connectivity index is 2.00. The van der Waals surface area contributed by atoms with Gasteiger partial charge in [0.2, 0.25) is 0 Å². The molecule has 0 aliphatic carbocycles. The van der Waals surface area contributed by atoms with Gasteiger partial charge < -0.3 is 14.8 Å². The largest absolute Gasteiger partial charge is 0.455 e. The summed E-state index contributed by atoms with van der Waals surface area (Å²) in [5.74, 6) is 0.292. The van der Waals surface area contributed by atoms with Gasteiger partial charge in [-0.05, 0) is 26.0 Å². The summed E-state index contributed by atoms with van der Waals surface area (Å²) in [6.07, 6.45) is 0.622. The fourth-order valence-corrected chi connectivity index (χ4v) is 1.74. The normalized spacial score (nSPS) is 18.9. The molecule has 18 heavy (non-hydrogen) atoms. The molecule has 1 atom stereocenters. The maximum absolute atomic E-state index is 11.9. The Hall–Kier alpha value is -1.62. The van der Waals surface area contributed by atoms with Gasteiger partial charge in [-0.25, -0.2) is 9.78 Å². The number of nitrogens with zero attached hydrogens (tertiary/aromatic N) is 1. The maximum Gasteiger partial charge on any atom is 0.357 e. The van der Waals surface area contributed by atoms with Crippen molar-refractivity contribution >= 4 is 11.8 Å². The van der Waals surface area contributed by atoms with E-state index in [0.29, 0.717) is 24.7 Å². The van der Waals surface area contributed by atoms with Crippen LogP contribution in [-0.2, 0) is 9.47 Å². The summed E-state index contributed by atoms with van der Waals surface area (Å²) in [5.41, 5.74) is 0.326. The molecule has 1 aliphatic rings. The molecule has 1 aromatic heterocycles. The number of nitrogens with one attached hydrogen (secondary N) is 1. The van der Waals surface area contributed by atoms with Gasteiger partial charge in [-0.1, -0.05) is 6.07 Å². The second-order valence-corrected chi connectivity index (χ2v) is 4.60. The van der Waals surface area contributed by atoms with E-state index < -0.39 is 5.97 Å². The van der Waals surface area contributed by atoms with Crippen molar-refractivity contribution in [3.05, 3.63) is 23.9 Å². The highest BCUT2D eigenvalue weighted by Gasteiger charge is 2.21. The van der Waals surface area contributed by atoms with Crippen LogP contribution in [0.5, 0.6) is 0 Å². The molecule has 1 fully saturated rings. The first-order valence-electron chi connectivity index (χ1n) is 6.17. The van der Waals surface area contributed by atoms with Gasteiger partial charge in [-0.2, -0.15) is 0 Å². The molecular weight excluding hydrogens is 232 g/mol. The lowest BCUT2D eigenvalue weighted by Crippen LogP contribution is -2.19. The quantitative estimate of drug-likeness (QED) is 0.826. The Morgan fingerprint density at radius 1 is 1.56 bits per heavy atom. The third-order valence-corrected chi connectivity index (χ3v) is 2.56. The first kappa shape index (κ1) is 12.8. The molecule has 0 amide bonds. The lowest BCUT2D eigenvalue weighted by atomic mass is 10.3. The minimum Gasteiger partial charge on any atom is -0.455 e. The highest BCUT2D eigenvalue weighted by molar-refractivity contribution is 5.87. The summed E-state index contributed by atoms with van der Waals surface area (Å²) in [6.45, 7) is 5.17. The summed E-state index contributed by atoms with van der Waals surface area (Å²) in [6, 6.07) is 5.55. The van der Waals surface area contributed by atoms with Crippen molar-refractivity contribution in [1.29, 1.82) is 0 Å². The van der Waals surface area contributed by atoms with Crippen molar-refractivity contribution in [1.82, 2.24) is 4.98 Å². The van der Waals surface area contributed by atoms with Crippen LogP contribution >= 0.6 is 0 Å². The first-order valence-corrected chi connectivity index (χ1v) is 6.17. The van der Waals surface area contributed by atoms with Crippen molar-refractivity contribution in [2.24, 2.45) is 0 Å². The molecule has 2 rings (SSSR count). The van der Waals surface area contributed by atoms with Crippen molar-refractivity contribution in [3.63, 3.8) is 0 Å².